The molecular weight excluding hydrogens is 376 g/mol. The van der Waals surface area contributed by atoms with Gasteiger partial charge in [-0.1, -0.05) is 37.6 Å². The Bertz CT molecular complexity index is 1090. The molecule has 30 heavy (non-hydrogen) atoms. The standard InChI is InChI=1S/C24H26N4O2/c1-15-8-10-16(11-9-15)26-23-27-19-13-24(2,3)14-20(29)21(19)22(28-23)25-17-6-5-7-18(12-17)30-4/h5-12H,13-14H2,1-4H3,(H2,25,26,27,28). The summed E-state index contributed by atoms with van der Waals surface area (Å²) in [5.41, 5.74) is 4.09. The maximum atomic E-state index is 13.0. The lowest BCUT2D eigenvalue weighted by molar-refractivity contribution is 0.0911. The summed E-state index contributed by atoms with van der Waals surface area (Å²) in [6.45, 7) is 6.24. The second-order valence-corrected chi connectivity index (χ2v) is 8.51. The molecule has 1 aliphatic rings. The fraction of sp³-hybridized carbons (Fsp3) is 0.292. The fourth-order valence-corrected chi connectivity index (χ4v) is 3.72. The van der Waals surface area contributed by atoms with E-state index in [-0.39, 0.29) is 11.2 Å². The zero-order chi connectivity index (χ0) is 21.3. The van der Waals surface area contributed by atoms with Crippen LogP contribution >= 0.6 is 0 Å². The zero-order valence-corrected chi connectivity index (χ0v) is 17.7. The zero-order valence-electron chi connectivity index (χ0n) is 17.7. The predicted octanol–water partition coefficient (Wildman–Crippen LogP) is 5.44. The van der Waals surface area contributed by atoms with Gasteiger partial charge in [-0.2, -0.15) is 4.98 Å². The molecule has 0 unspecified atom stereocenters. The second-order valence-electron chi connectivity index (χ2n) is 8.51. The molecule has 0 saturated heterocycles. The predicted molar refractivity (Wildman–Crippen MR) is 119 cm³/mol. The van der Waals surface area contributed by atoms with Crippen LogP contribution in [0.15, 0.2) is 48.5 Å². The van der Waals surface area contributed by atoms with E-state index in [1.165, 1.54) is 5.56 Å². The number of ether oxygens (including phenoxy) is 1. The molecular formula is C24H26N4O2. The highest BCUT2D eigenvalue weighted by atomic mass is 16.5. The molecule has 154 valence electrons. The van der Waals surface area contributed by atoms with Gasteiger partial charge in [0.05, 0.1) is 18.4 Å². The molecule has 2 N–H and O–H groups in total. The van der Waals surface area contributed by atoms with Gasteiger partial charge in [0.25, 0.3) is 0 Å². The Morgan fingerprint density at radius 1 is 0.967 bits per heavy atom. The van der Waals surface area contributed by atoms with Crippen molar-refractivity contribution in [3.63, 3.8) is 0 Å². The molecule has 3 aromatic rings. The first-order chi connectivity index (χ1) is 14.3. The highest BCUT2D eigenvalue weighted by Gasteiger charge is 2.35. The number of carbonyl (C=O) groups excluding carboxylic acids is 1. The van der Waals surface area contributed by atoms with Crippen LogP contribution in [0, 0.1) is 12.3 Å². The normalized spacial score (nSPS) is 14.7. The molecule has 2 aromatic carbocycles. The summed E-state index contributed by atoms with van der Waals surface area (Å²) in [7, 11) is 1.63. The number of nitrogens with zero attached hydrogens (tertiary/aromatic N) is 2. The molecule has 0 fully saturated rings. The minimum atomic E-state index is -0.132. The Morgan fingerprint density at radius 3 is 2.47 bits per heavy atom. The lowest BCUT2D eigenvalue weighted by Crippen LogP contribution is -2.29. The number of aryl methyl sites for hydroxylation is 1. The molecule has 1 heterocycles. The number of aromatic nitrogens is 2. The van der Waals surface area contributed by atoms with E-state index in [0.717, 1.165) is 22.8 Å². The molecule has 0 aliphatic heterocycles. The number of methoxy groups -OCH3 is 1. The molecule has 1 aromatic heterocycles. The fourth-order valence-electron chi connectivity index (χ4n) is 3.72. The van der Waals surface area contributed by atoms with Crippen LogP contribution in [0.2, 0.25) is 0 Å². The molecule has 6 heteroatoms. The van der Waals surface area contributed by atoms with Crippen LogP contribution in [-0.4, -0.2) is 22.9 Å². The highest BCUT2D eigenvalue weighted by molar-refractivity contribution is 6.03. The minimum absolute atomic E-state index is 0.0635. The minimum Gasteiger partial charge on any atom is -0.497 e. The van der Waals surface area contributed by atoms with Gasteiger partial charge in [-0.15, -0.1) is 0 Å². The van der Waals surface area contributed by atoms with Gasteiger partial charge in [-0.3, -0.25) is 4.79 Å². The molecule has 0 bridgehead atoms. The lowest BCUT2D eigenvalue weighted by Gasteiger charge is -2.30. The summed E-state index contributed by atoms with van der Waals surface area (Å²) in [6.07, 6.45) is 1.19. The van der Waals surface area contributed by atoms with Crippen LogP contribution in [0.4, 0.5) is 23.1 Å². The van der Waals surface area contributed by atoms with Crippen molar-refractivity contribution in [2.45, 2.75) is 33.6 Å². The quantitative estimate of drug-likeness (QED) is 0.592. The summed E-state index contributed by atoms with van der Waals surface area (Å²) in [6, 6.07) is 15.6. The average molecular weight is 402 g/mol. The van der Waals surface area contributed by atoms with E-state index in [4.69, 9.17) is 9.72 Å². The summed E-state index contributed by atoms with van der Waals surface area (Å²) in [5.74, 6) is 1.78. The van der Waals surface area contributed by atoms with E-state index in [9.17, 15) is 4.79 Å². The van der Waals surface area contributed by atoms with Crippen molar-refractivity contribution in [2.75, 3.05) is 17.7 Å². The molecule has 0 atom stereocenters. The van der Waals surface area contributed by atoms with Crippen molar-refractivity contribution >= 4 is 28.9 Å². The van der Waals surface area contributed by atoms with Crippen LogP contribution < -0.4 is 15.4 Å². The monoisotopic (exact) mass is 402 g/mol. The van der Waals surface area contributed by atoms with Crippen LogP contribution in [0.1, 0.15) is 41.9 Å². The van der Waals surface area contributed by atoms with Gasteiger partial charge in [0.1, 0.15) is 11.6 Å². The van der Waals surface area contributed by atoms with Crippen molar-refractivity contribution in [3.05, 3.63) is 65.4 Å². The molecule has 6 nitrogen and oxygen atoms in total. The van der Waals surface area contributed by atoms with Gasteiger partial charge >= 0.3 is 0 Å². The maximum Gasteiger partial charge on any atom is 0.229 e. The molecule has 0 radical (unpaired) electrons. The number of carbonyl (C=O) groups is 1. The molecule has 0 spiro atoms. The Hall–Kier alpha value is -3.41. The molecule has 0 amide bonds. The van der Waals surface area contributed by atoms with Gasteiger partial charge < -0.3 is 15.4 Å². The van der Waals surface area contributed by atoms with E-state index < -0.39 is 0 Å². The van der Waals surface area contributed by atoms with E-state index in [2.05, 4.69) is 29.5 Å². The van der Waals surface area contributed by atoms with E-state index in [0.29, 0.717) is 30.2 Å². The number of hydrogen-bond donors (Lipinski definition) is 2. The highest BCUT2D eigenvalue weighted by Crippen LogP contribution is 2.38. The SMILES string of the molecule is COc1cccc(Nc2nc(Nc3ccc(C)cc3)nc3c2C(=O)CC(C)(C)C3)c1. The van der Waals surface area contributed by atoms with Crippen LogP contribution in [0.25, 0.3) is 0 Å². The third kappa shape index (κ3) is 4.27. The Labute approximate surface area is 176 Å². The van der Waals surface area contributed by atoms with Crippen LogP contribution in [0.3, 0.4) is 0 Å². The number of nitrogens with one attached hydrogen (secondary N) is 2. The van der Waals surface area contributed by atoms with E-state index in [1.807, 2.05) is 55.5 Å². The van der Waals surface area contributed by atoms with Crippen molar-refractivity contribution < 1.29 is 9.53 Å². The average Bonchev–Trinajstić information content (AvgIpc) is 2.68. The largest absolute Gasteiger partial charge is 0.497 e. The number of Topliss-reactive ketones (excluding diaryl/α,β-unsaturated/α-hetero) is 1. The van der Waals surface area contributed by atoms with Crippen molar-refractivity contribution in [2.24, 2.45) is 5.41 Å². The van der Waals surface area contributed by atoms with Crippen LogP contribution in [0.5, 0.6) is 5.75 Å². The lowest BCUT2D eigenvalue weighted by atomic mass is 9.75. The van der Waals surface area contributed by atoms with Crippen molar-refractivity contribution in [1.29, 1.82) is 0 Å². The number of hydrogen-bond acceptors (Lipinski definition) is 6. The van der Waals surface area contributed by atoms with E-state index in [1.54, 1.807) is 7.11 Å². The first-order valence-electron chi connectivity index (χ1n) is 10.0. The summed E-state index contributed by atoms with van der Waals surface area (Å²) >= 11 is 0. The Morgan fingerprint density at radius 2 is 1.73 bits per heavy atom. The van der Waals surface area contributed by atoms with Crippen LogP contribution in [-0.2, 0) is 6.42 Å². The topological polar surface area (TPSA) is 76.1 Å². The number of fused-ring (bicyclic) bond motifs is 1. The van der Waals surface area contributed by atoms with E-state index >= 15 is 0 Å². The summed E-state index contributed by atoms with van der Waals surface area (Å²) < 4.78 is 5.31. The van der Waals surface area contributed by atoms with Gasteiger partial charge in [-0.05, 0) is 43.0 Å². The number of benzene rings is 2. The Balaban J connectivity index is 1.76. The van der Waals surface area contributed by atoms with Gasteiger partial charge in [0, 0.05) is 23.9 Å². The summed E-state index contributed by atoms with van der Waals surface area (Å²) in [5, 5.41) is 6.58. The third-order valence-electron chi connectivity index (χ3n) is 5.19. The number of ketones is 1. The molecule has 1 aliphatic carbocycles. The van der Waals surface area contributed by atoms with Crippen molar-refractivity contribution in [3.8, 4) is 5.75 Å². The smallest absolute Gasteiger partial charge is 0.229 e. The summed E-state index contributed by atoms with van der Waals surface area (Å²) in [4.78, 5) is 22.3. The second kappa shape index (κ2) is 7.78. The molecule has 0 saturated carbocycles. The van der Waals surface area contributed by atoms with Crippen molar-refractivity contribution in [1.82, 2.24) is 9.97 Å². The number of anilines is 4. The third-order valence-corrected chi connectivity index (χ3v) is 5.19. The Kier molecular flexibility index (Phi) is 5.16. The number of rotatable bonds is 5. The van der Waals surface area contributed by atoms with Gasteiger partial charge in [-0.25, -0.2) is 4.98 Å². The van der Waals surface area contributed by atoms with Gasteiger partial charge in [0.15, 0.2) is 5.78 Å². The first-order valence-corrected chi connectivity index (χ1v) is 10.0. The molecule has 4 rings (SSSR count). The maximum absolute atomic E-state index is 13.0. The first kappa shape index (κ1) is 19.9. The van der Waals surface area contributed by atoms with Gasteiger partial charge in [0.2, 0.25) is 5.95 Å².